The van der Waals surface area contributed by atoms with E-state index in [0.29, 0.717) is 12.3 Å². The standard InChI is InChI=1S/C20H42O4.C20H42O3/c1-15(2)9-6-10-16(3)11-7-12-17(4)13-8-14-18(5)19(21)20(22,23)24;1-16(2)9-6-10-17(3)11-7-12-18(4)13-8-14-19(5)15-20(21,22)23/h15-19,21-24H,6-14H2,1-5H3;16-19,21-23H,6-15H2,1-5H3. The van der Waals surface area contributed by atoms with Gasteiger partial charge >= 0.3 is 5.97 Å². The van der Waals surface area contributed by atoms with Crippen molar-refractivity contribution in [2.45, 2.75) is 209 Å². The second kappa shape index (κ2) is 27.4. The molecule has 0 amide bonds. The van der Waals surface area contributed by atoms with Gasteiger partial charge < -0.3 is 35.7 Å². The predicted octanol–water partition coefficient (Wildman–Crippen LogP) is 9.14. The Morgan fingerprint density at radius 3 is 0.872 bits per heavy atom. The Labute approximate surface area is 292 Å². The maximum atomic E-state index is 9.58. The van der Waals surface area contributed by atoms with Gasteiger partial charge in [0.15, 0.2) is 0 Å². The van der Waals surface area contributed by atoms with E-state index in [1.807, 2.05) is 6.92 Å². The molecule has 0 radical (unpaired) electrons. The van der Waals surface area contributed by atoms with Gasteiger partial charge in [0.25, 0.3) is 5.97 Å². The third-order valence-corrected chi connectivity index (χ3v) is 10.1. The van der Waals surface area contributed by atoms with E-state index in [-0.39, 0.29) is 18.3 Å². The highest BCUT2D eigenvalue weighted by Crippen LogP contribution is 2.25. The molecule has 0 saturated carbocycles. The summed E-state index contributed by atoms with van der Waals surface area (Å²) in [6, 6.07) is 0. The van der Waals surface area contributed by atoms with Gasteiger partial charge in [0, 0.05) is 6.42 Å². The van der Waals surface area contributed by atoms with E-state index in [2.05, 4.69) is 55.4 Å². The average molecular weight is 677 g/mol. The van der Waals surface area contributed by atoms with Crippen LogP contribution >= 0.6 is 0 Å². The molecule has 7 nitrogen and oxygen atoms in total. The fourth-order valence-electron chi connectivity index (χ4n) is 6.67. The van der Waals surface area contributed by atoms with E-state index in [9.17, 15) is 5.11 Å². The van der Waals surface area contributed by atoms with Crippen LogP contribution in [0, 0.1) is 47.3 Å². The number of rotatable bonds is 28. The molecular weight excluding hydrogens is 592 g/mol. The van der Waals surface area contributed by atoms with Crippen molar-refractivity contribution in [2.75, 3.05) is 0 Å². The van der Waals surface area contributed by atoms with Gasteiger partial charge in [-0.1, -0.05) is 178 Å². The Balaban J connectivity index is 0. The van der Waals surface area contributed by atoms with E-state index in [1.165, 1.54) is 83.5 Å². The fourth-order valence-corrected chi connectivity index (χ4v) is 6.67. The molecule has 0 spiro atoms. The normalized spacial score (nSPS) is 17.2. The van der Waals surface area contributed by atoms with Crippen LogP contribution in [0.25, 0.3) is 0 Å². The van der Waals surface area contributed by atoms with E-state index >= 15 is 0 Å². The molecule has 7 atom stereocenters. The number of hydrogen-bond acceptors (Lipinski definition) is 7. The molecule has 0 aliphatic rings. The lowest BCUT2D eigenvalue weighted by Crippen LogP contribution is -2.45. The first-order valence-electron chi connectivity index (χ1n) is 19.7. The van der Waals surface area contributed by atoms with Gasteiger partial charge in [-0.05, 0) is 53.8 Å². The van der Waals surface area contributed by atoms with Crippen molar-refractivity contribution in [2.24, 2.45) is 47.3 Å². The summed E-state index contributed by atoms with van der Waals surface area (Å²) in [5.41, 5.74) is 0. The smallest absolute Gasteiger partial charge is 0.303 e. The number of hydrogen-bond donors (Lipinski definition) is 7. The summed E-state index contributed by atoms with van der Waals surface area (Å²) in [4.78, 5) is 0. The summed E-state index contributed by atoms with van der Waals surface area (Å²) < 4.78 is 0. The third kappa shape index (κ3) is 34.0. The molecule has 7 heteroatoms. The highest BCUT2D eigenvalue weighted by Gasteiger charge is 2.34. The fraction of sp³-hybridized carbons (Fsp3) is 1.00. The van der Waals surface area contributed by atoms with E-state index < -0.39 is 18.1 Å². The molecular formula is C40H84O7. The molecule has 0 heterocycles. The molecule has 0 aromatic heterocycles. The van der Waals surface area contributed by atoms with Crippen LogP contribution in [0.3, 0.4) is 0 Å². The molecule has 7 unspecified atom stereocenters. The first-order chi connectivity index (χ1) is 21.6. The van der Waals surface area contributed by atoms with Gasteiger partial charge in [-0.2, -0.15) is 0 Å². The van der Waals surface area contributed by atoms with Gasteiger partial charge in [0.1, 0.15) is 6.10 Å². The minimum Gasteiger partial charge on any atom is -0.384 e. The third-order valence-electron chi connectivity index (χ3n) is 10.1. The van der Waals surface area contributed by atoms with Crippen molar-refractivity contribution in [3.8, 4) is 0 Å². The molecule has 0 bridgehead atoms. The second-order valence-electron chi connectivity index (χ2n) is 17.0. The quantitative estimate of drug-likeness (QED) is 0.0410. The maximum Gasteiger partial charge on any atom is 0.303 e. The van der Waals surface area contributed by atoms with Crippen LogP contribution in [0.15, 0.2) is 0 Å². The van der Waals surface area contributed by atoms with Crippen molar-refractivity contribution in [3.63, 3.8) is 0 Å². The Bertz CT molecular complexity index is 685. The summed E-state index contributed by atoms with van der Waals surface area (Å²) >= 11 is 0. The van der Waals surface area contributed by atoms with Crippen molar-refractivity contribution >= 4 is 0 Å². The minimum absolute atomic E-state index is 0.0370. The molecule has 286 valence electrons. The average Bonchev–Trinajstić information content (AvgIpc) is 2.91. The SMILES string of the molecule is CC(C)CCCC(C)CCCC(C)CCCC(C)C(O)C(O)(O)O.CC(C)CCCC(C)CCCC(C)CCCC(C)CC(O)(O)O. The topological polar surface area (TPSA) is 142 Å². The molecule has 0 saturated heterocycles. The van der Waals surface area contributed by atoms with Crippen molar-refractivity contribution in [3.05, 3.63) is 0 Å². The lowest BCUT2D eigenvalue weighted by Gasteiger charge is -2.26. The van der Waals surface area contributed by atoms with Gasteiger partial charge in [0.2, 0.25) is 0 Å². The van der Waals surface area contributed by atoms with Crippen LogP contribution in [0.1, 0.15) is 191 Å². The van der Waals surface area contributed by atoms with Crippen LogP contribution in [0.4, 0.5) is 0 Å². The van der Waals surface area contributed by atoms with Gasteiger partial charge in [-0.3, -0.25) is 0 Å². The molecule has 0 aliphatic heterocycles. The Morgan fingerprint density at radius 2 is 0.617 bits per heavy atom. The monoisotopic (exact) mass is 677 g/mol. The first-order valence-corrected chi connectivity index (χ1v) is 19.7. The van der Waals surface area contributed by atoms with E-state index in [0.717, 1.165) is 55.3 Å². The van der Waals surface area contributed by atoms with Crippen molar-refractivity contribution in [1.82, 2.24) is 0 Å². The molecule has 7 N–H and O–H groups in total. The predicted molar refractivity (Wildman–Crippen MR) is 197 cm³/mol. The summed E-state index contributed by atoms with van der Waals surface area (Å²) in [5, 5.41) is 63.4. The lowest BCUT2D eigenvalue weighted by molar-refractivity contribution is -0.362. The van der Waals surface area contributed by atoms with Gasteiger partial charge in [-0.25, -0.2) is 0 Å². The van der Waals surface area contributed by atoms with Gasteiger partial charge in [0.05, 0.1) is 0 Å². The summed E-state index contributed by atoms with van der Waals surface area (Å²) in [5.74, 6) is -0.977. The maximum absolute atomic E-state index is 9.58. The number of aliphatic hydroxyl groups is 7. The molecule has 47 heavy (non-hydrogen) atoms. The van der Waals surface area contributed by atoms with Crippen LogP contribution < -0.4 is 0 Å². The largest absolute Gasteiger partial charge is 0.384 e. The van der Waals surface area contributed by atoms with Crippen molar-refractivity contribution in [1.29, 1.82) is 0 Å². The van der Waals surface area contributed by atoms with Crippen molar-refractivity contribution < 1.29 is 35.7 Å². The summed E-state index contributed by atoms with van der Waals surface area (Å²) in [6.07, 6.45) is 20.3. The first kappa shape index (κ1) is 48.8. The zero-order valence-corrected chi connectivity index (χ0v) is 32.8. The van der Waals surface area contributed by atoms with E-state index in [4.69, 9.17) is 30.6 Å². The van der Waals surface area contributed by atoms with Crippen LogP contribution in [-0.4, -0.2) is 53.8 Å². The zero-order chi connectivity index (χ0) is 36.6. The van der Waals surface area contributed by atoms with Crippen LogP contribution in [0.5, 0.6) is 0 Å². The lowest BCUT2D eigenvalue weighted by atomic mass is 9.90. The van der Waals surface area contributed by atoms with Crippen LogP contribution in [-0.2, 0) is 0 Å². The molecule has 0 aromatic carbocycles. The second-order valence-corrected chi connectivity index (χ2v) is 17.0. The van der Waals surface area contributed by atoms with Crippen LogP contribution in [0.2, 0.25) is 0 Å². The molecule has 0 aromatic rings. The highest BCUT2D eigenvalue weighted by atomic mass is 16.7. The molecule has 0 fully saturated rings. The molecule has 0 rings (SSSR count). The van der Waals surface area contributed by atoms with E-state index in [1.54, 1.807) is 6.92 Å². The Hall–Kier alpha value is -0.280. The van der Waals surface area contributed by atoms with Gasteiger partial charge in [-0.15, -0.1) is 0 Å². The zero-order valence-electron chi connectivity index (χ0n) is 32.8. The summed E-state index contributed by atoms with van der Waals surface area (Å²) in [6.45, 7) is 22.2. The molecule has 0 aliphatic carbocycles. The minimum atomic E-state index is -2.99. The highest BCUT2D eigenvalue weighted by molar-refractivity contribution is 4.71. The Morgan fingerprint density at radius 1 is 0.362 bits per heavy atom. The Kier molecular flexibility index (Phi) is 28.5. The number of aliphatic hydroxyl groups excluding tert-OH is 1. The summed E-state index contributed by atoms with van der Waals surface area (Å²) in [7, 11) is 0.